The molecule has 2 aliphatic rings. The molecule has 1 saturated carbocycles. The fourth-order valence-corrected chi connectivity index (χ4v) is 3.97. The van der Waals surface area contributed by atoms with Crippen LogP contribution in [0.15, 0.2) is 10.6 Å². The van der Waals surface area contributed by atoms with Gasteiger partial charge in [0.05, 0.1) is 11.8 Å². The SMILES string of the molecule is NCCCS(=O)(=O)N1CC(NC(=O)c2cc(C3CC3)on2)C1. The van der Waals surface area contributed by atoms with Gasteiger partial charge in [-0.15, -0.1) is 0 Å². The normalized spacial score (nSPS) is 19.9. The minimum absolute atomic E-state index is 0.0538. The van der Waals surface area contributed by atoms with Gasteiger partial charge in [-0.2, -0.15) is 4.31 Å². The minimum atomic E-state index is -3.25. The molecule has 9 heteroatoms. The fraction of sp³-hybridized carbons (Fsp3) is 0.692. The molecule has 1 aliphatic heterocycles. The Balaban J connectivity index is 1.48. The van der Waals surface area contributed by atoms with E-state index in [0.717, 1.165) is 18.6 Å². The van der Waals surface area contributed by atoms with Crippen molar-refractivity contribution in [2.45, 2.75) is 31.2 Å². The molecule has 3 N–H and O–H groups in total. The van der Waals surface area contributed by atoms with E-state index in [9.17, 15) is 13.2 Å². The Bertz CT molecular complexity index is 647. The first-order chi connectivity index (χ1) is 10.5. The van der Waals surface area contributed by atoms with Gasteiger partial charge < -0.3 is 15.6 Å². The van der Waals surface area contributed by atoms with E-state index in [0.29, 0.717) is 32.0 Å². The van der Waals surface area contributed by atoms with E-state index in [1.807, 2.05) is 0 Å². The van der Waals surface area contributed by atoms with E-state index >= 15 is 0 Å². The maximum atomic E-state index is 12.0. The van der Waals surface area contributed by atoms with Gasteiger partial charge in [0.1, 0.15) is 5.76 Å². The molecule has 0 bridgehead atoms. The van der Waals surface area contributed by atoms with E-state index in [1.54, 1.807) is 6.07 Å². The van der Waals surface area contributed by atoms with Crippen molar-refractivity contribution in [1.82, 2.24) is 14.8 Å². The van der Waals surface area contributed by atoms with E-state index in [-0.39, 0.29) is 23.4 Å². The Hall–Kier alpha value is -1.45. The minimum Gasteiger partial charge on any atom is -0.360 e. The number of carbonyl (C=O) groups excluding carboxylic acids is 1. The number of rotatable bonds is 7. The summed E-state index contributed by atoms with van der Waals surface area (Å²) in [6.07, 6.45) is 2.60. The van der Waals surface area contributed by atoms with Crippen LogP contribution in [-0.2, 0) is 10.0 Å². The third kappa shape index (κ3) is 3.31. The van der Waals surface area contributed by atoms with Crippen molar-refractivity contribution in [2.75, 3.05) is 25.4 Å². The first kappa shape index (κ1) is 15.4. The van der Waals surface area contributed by atoms with Crippen LogP contribution in [0, 0.1) is 0 Å². The third-order valence-corrected chi connectivity index (χ3v) is 5.81. The van der Waals surface area contributed by atoms with Gasteiger partial charge in [-0.05, 0) is 25.8 Å². The molecule has 0 unspecified atom stereocenters. The van der Waals surface area contributed by atoms with Crippen LogP contribution in [0.1, 0.15) is 41.4 Å². The molecule has 0 aromatic carbocycles. The second-order valence-electron chi connectivity index (χ2n) is 5.83. The number of nitrogens with one attached hydrogen (secondary N) is 1. The van der Waals surface area contributed by atoms with Crippen LogP contribution in [0.25, 0.3) is 0 Å². The molecule has 1 amide bonds. The van der Waals surface area contributed by atoms with Gasteiger partial charge in [-0.1, -0.05) is 5.16 Å². The Labute approximate surface area is 129 Å². The molecular formula is C13H20N4O4S. The van der Waals surface area contributed by atoms with E-state index < -0.39 is 10.0 Å². The zero-order chi connectivity index (χ0) is 15.7. The number of hydrogen-bond donors (Lipinski definition) is 2. The van der Waals surface area contributed by atoms with E-state index in [1.165, 1.54) is 4.31 Å². The molecule has 22 heavy (non-hydrogen) atoms. The molecule has 0 atom stereocenters. The van der Waals surface area contributed by atoms with Crippen LogP contribution in [0.4, 0.5) is 0 Å². The molecule has 1 aromatic heterocycles. The molecule has 2 fully saturated rings. The lowest BCUT2D eigenvalue weighted by Crippen LogP contribution is -2.61. The zero-order valence-electron chi connectivity index (χ0n) is 12.2. The smallest absolute Gasteiger partial charge is 0.273 e. The lowest BCUT2D eigenvalue weighted by molar-refractivity contribution is 0.0886. The molecule has 2 heterocycles. The summed E-state index contributed by atoms with van der Waals surface area (Å²) < 4.78 is 30.3. The summed E-state index contributed by atoms with van der Waals surface area (Å²) in [4.78, 5) is 12.0. The molecule has 0 radical (unpaired) electrons. The van der Waals surface area contributed by atoms with Crippen LogP contribution < -0.4 is 11.1 Å². The second-order valence-corrected chi connectivity index (χ2v) is 7.92. The number of hydrogen-bond acceptors (Lipinski definition) is 6. The lowest BCUT2D eigenvalue weighted by atomic mass is 10.1. The maximum absolute atomic E-state index is 12.0. The number of sulfonamides is 1. The summed E-state index contributed by atoms with van der Waals surface area (Å²) in [5.41, 5.74) is 5.58. The standard InChI is InChI=1S/C13H20N4O4S/c14-4-1-5-22(19,20)17-7-10(8-17)15-13(18)11-6-12(21-16-11)9-2-3-9/h6,9-10H,1-5,7-8,14H2,(H,15,18). The van der Waals surface area contributed by atoms with Crippen LogP contribution in [-0.4, -0.2) is 55.2 Å². The van der Waals surface area contributed by atoms with Crippen LogP contribution in [0.2, 0.25) is 0 Å². The van der Waals surface area contributed by atoms with Crippen LogP contribution in [0.5, 0.6) is 0 Å². The molecule has 8 nitrogen and oxygen atoms in total. The maximum Gasteiger partial charge on any atom is 0.273 e. The highest BCUT2D eigenvalue weighted by Crippen LogP contribution is 2.40. The van der Waals surface area contributed by atoms with Crippen molar-refractivity contribution in [3.63, 3.8) is 0 Å². The first-order valence-electron chi connectivity index (χ1n) is 7.45. The molecule has 3 rings (SSSR count). The van der Waals surface area contributed by atoms with Gasteiger partial charge in [-0.3, -0.25) is 4.79 Å². The number of amides is 1. The van der Waals surface area contributed by atoms with Crippen molar-refractivity contribution in [3.05, 3.63) is 17.5 Å². The summed E-state index contributed by atoms with van der Waals surface area (Å²) in [5, 5.41) is 6.54. The number of aromatic nitrogens is 1. The monoisotopic (exact) mass is 328 g/mol. The molecule has 1 saturated heterocycles. The number of nitrogens with two attached hydrogens (primary N) is 1. The van der Waals surface area contributed by atoms with Gasteiger partial charge >= 0.3 is 0 Å². The highest BCUT2D eigenvalue weighted by Gasteiger charge is 2.36. The molecule has 0 spiro atoms. The van der Waals surface area contributed by atoms with Crippen molar-refractivity contribution in [3.8, 4) is 0 Å². The van der Waals surface area contributed by atoms with Crippen molar-refractivity contribution in [2.24, 2.45) is 5.73 Å². The summed E-state index contributed by atoms with van der Waals surface area (Å²) in [6.45, 7) is 0.945. The quantitative estimate of drug-likeness (QED) is 0.706. The van der Waals surface area contributed by atoms with Gasteiger partial charge in [0.25, 0.3) is 5.91 Å². The summed E-state index contributed by atoms with van der Waals surface area (Å²) >= 11 is 0. The average molecular weight is 328 g/mol. The highest BCUT2D eigenvalue weighted by atomic mass is 32.2. The van der Waals surface area contributed by atoms with Crippen molar-refractivity contribution < 1.29 is 17.7 Å². The van der Waals surface area contributed by atoms with Gasteiger partial charge in [-0.25, -0.2) is 8.42 Å². The highest BCUT2D eigenvalue weighted by molar-refractivity contribution is 7.89. The predicted molar refractivity (Wildman–Crippen MR) is 78.8 cm³/mol. The van der Waals surface area contributed by atoms with Crippen molar-refractivity contribution in [1.29, 1.82) is 0 Å². The Morgan fingerprint density at radius 1 is 1.45 bits per heavy atom. The Morgan fingerprint density at radius 3 is 2.82 bits per heavy atom. The predicted octanol–water partition coefficient (Wildman–Crippen LogP) is -0.355. The van der Waals surface area contributed by atoms with E-state index in [2.05, 4.69) is 10.5 Å². The first-order valence-corrected chi connectivity index (χ1v) is 9.06. The zero-order valence-corrected chi connectivity index (χ0v) is 13.0. The van der Waals surface area contributed by atoms with Crippen LogP contribution in [0.3, 0.4) is 0 Å². The molecule has 122 valence electrons. The fourth-order valence-electron chi connectivity index (χ4n) is 2.37. The largest absolute Gasteiger partial charge is 0.360 e. The third-order valence-electron chi connectivity index (χ3n) is 3.92. The lowest BCUT2D eigenvalue weighted by Gasteiger charge is -2.38. The molecule has 1 aliphatic carbocycles. The summed E-state index contributed by atoms with van der Waals surface area (Å²) in [5.74, 6) is 0.892. The van der Waals surface area contributed by atoms with E-state index in [4.69, 9.17) is 10.3 Å². The topological polar surface area (TPSA) is 119 Å². The van der Waals surface area contributed by atoms with Crippen LogP contribution >= 0.6 is 0 Å². The molecular weight excluding hydrogens is 308 g/mol. The number of carbonyl (C=O) groups is 1. The number of nitrogens with zero attached hydrogens (tertiary/aromatic N) is 2. The Morgan fingerprint density at radius 2 is 2.18 bits per heavy atom. The van der Waals surface area contributed by atoms with Gasteiger partial charge in [0, 0.05) is 25.1 Å². The second kappa shape index (κ2) is 5.98. The molecule has 1 aromatic rings. The Kier molecular flexibility index (Phi) is 4.20. The average Bonchev–Trinajstić information content (AvgIpc) is 3.17. The summed E-state index contributed by atoms with van der Waals surface area (Å²) in [7, 11) is -3.25. The van der Waals surface area contributed by atoms with Gasteiger partial charge in [0.2, 0.25) is 10.0 Å². The van der Waals surface area contributed by atoms with Gasteiger partial charge in [0.15, 0.2) is 5.69 Å². The summed E-state index contributed by atoms with van der Waals surface area (Å²) in [6, 6.07) is 1.49. The van der Waals surface area contributed by atoms with Crippen molar-refractivity contribution >= 4 is 15.9 Å².